The zero-order valence-electron chi connectivity index (χ0n) is 10.8. The Labute approximate surface area is 113 Å². The molecule has 0 spiro atoms. The molecule has 0 aliphatic heterocycles. The summed E-state index contributed by atoms with van der Waals surface area (Å²) in [5.41, 5.74) is 2.00. The zero-order chi connectivity index (χ0) is 13.7. The Balaban J connectivity index is 2.02. The number of aryl methyl sites for hydroxylation is 2. The van der Waals surface area contributed by atoms with Crippen LogP contribution in [-0.4, -0.2) is 29.6 Å². The molecule has 1 aromatic heterocycles. The third-order valence-electron chi connectivity index (χ3n) is 2.89. The molecule has 0 unspecified atom stereocenters. The lowest BCUT2D eigenvalue weighted by Gasteiger charge is -2.04. The van der Waals surface area contributed by atoms with E-state index in [4.69, 9.17) is 0 Å². The van der Waals surface area contributed by atoms with Crippen molar-refractivity contribution in [3.8, 4) is 0 Å². The normalized spacial score (nSPS) is 11.6. The van der Waals surface area contributed by atoms with E-state index in [0.29, 0.717) is 11.3 Å². The van der Waals surface area contributed by atoms with E-state index in [9.17, 15) is 8.42 Å². The number of sulfone groups is 1. The molecular formula is C13H17N3O2S. The Morgan fingerprint density at radius 1 is 1.16 bits per heavy atom. The highest BCUT2D eigenvalue weighted by Gasteiger charge is 2.12. The van der Waals surface area contributed by atoms with Crippen LogP contribution in [0.3, 0.4) is 0 Å². The first kappa shape index (κ1) is 13.7. The van der Waals surface area contributed by atoms with Crippen LogP contribution in [0.4, 0.5) is 0 Å². The number of nitrogens with one attached hydrogen (secondary N) is 1. The molecule has 0 radical (unpaired) electrons. The van der Waals surface area contributed by atoms with Crippen LogP contribution in [0.25, 0.3) is 0 Å². The van der Waals surface area contributed by atoms with Crippen molar-refractivity contribution < 1.29 is 8.42 Å². The molecule has 0 saturated carbocycles. The average Bonchev–Trinajstić information content (AvgIpc) is 2.90. The summed E-state index contributed by atoms with van der Waals surface area (Å²) >= 11 is 0. The molecule has 0 fully saturated rings. The number of rotatable bonds is 6. The van der Waals surface area contributed by atoms with Gasteiger partial charge in [-0.15, -0.1) is 0 Å². The van der Waals surface area contributed by atoms with Gasteiger partial charge in [-0.05, 0) is 37.0 Å². The van der Waals surface area contributed by atoms with Crippen molar-refractivity contribution in [3.63, 3.8) is 0 Å². The van der Waals surface area contributed by atoms with Gasteiger partial charge in [-0.25, -0.2) is 8.42 Å². The Morgan fingerprint density at radius 3 is 2.47 bits per heavy atom. The number of hydrogen-bond donors (Lipinski definition) is 1. The first-order chi connectivity index (χ1) is 9.12. The zero-order valence-corrected chi connectivity index (χ0v) is 11.7. The Kier molecular flexibility index (Phi) is 4.31. The fourth-order valence-electron chi connectivity index (χ4n) is 1.87. The van der Waals surface area contributed by atoms with Crippen LogP contribution in [-0.2, 0) is 22.7 Å². The van der Waals surface area contributed by atoms with E-state index in [1.807, 2.05) is 19.1 Å². The lowest BCUT2D eigenvalue weighted by molar-refractivity contribution is 0.594. The molecule has 2 rings (SSSR count). The summed E-state index contributed by atoms with van der Waals surface area (Å²) in [4.78, 5) is 0.402. The van der Waals surface area contributed by atoms with Gasteiger partial charge < -0.3 is 0 Å². The Hall–Kier alpha value is -1.69. The Bertz CT molecular complexity index is 604. The van der Waals surface area contributed by atoms with E-state index in [2.05, 4.69) is 15.4 Å². The first-order valence-corrected chi connectivity index (χ1v) is 7.93. The second-order valence-electron chi connectivity index (χ2n) is 4.42. The monoisotopic (exact) mass is 279 g/mol. The van der Waals surface area contributed by atoms with Crippen molar-refractivity contribution >= 4 is 9.84 Å². The lowest BCUT2D eigenvalue weighted by Crippen LogP contribution is -2.05. The minimum atomic E-state index is -3.11. The molecule has 1 aromatic carbocycles. The van der Waals surface area contributed by atoms with Crippen molar-refractivity contribution in [1.82, 2.24) is 15.4 Å². The average molecular weight is 279 g/mol. The van der Waals surface area contributed by atoms with Crippen LogP contribution in [0.2, 0.25) is 0 Å². The minimum Gasteiger partial charge on any atom is -0.224 e. The number of aromatic amines is 1. The molecule has 2 aromatic rings. The van der Waals surface area contributed by atoms with Gasteiger partial charge in [0.15, 0.2) is 9.84 Å². The van der Waals surface area contributed by atoms with Gasteiger partial charge in [0.2, 0.25) is 0 Å². The highest BCUT2D eigenvalue weighted by atomic mass is 32.2. The largest absolute Gasteiger partial charge is 0.224 e. The summed E-state index contributed by atoms with van der Waals surface area (Å²) in [6.07, 6.45) is 3.94. The number of benzene rings is 1. The van der Waals surface area contributed by atoms with Crippen LogP contribution in [0, 0.1) is 0 Å². The molecule has 0 amide bonds. The Morgan fingerprint density at radius 2 is 1.89 bits per heavy atom. The summed E-state index contributed by atoms with van der Waals surface area (Å²) in [6, 6.07) is 7.09. The van der Waals surface area contributed by atoms with E-state index in [-0.39, 0.29) is 5.75 Å². The molecule has 5 nitrogen and oxygen atoms in total. The van der Waals surface area contributed by atoms with Crippen LogP contribution < -0.4 is 0 Å². The molecule has 6 heteroatoms. The predicted octanol–water partition coefficient (Wildman–Crippen LogP) is 1.77. The molecule has 0 aliphatic rings. The standard InChI is InChI=1S/C13H17N3O2S/c1-2-9-19(17,18)13-7-4-11(5-8-13)3-6-12-10-14-16-15-12/h4-5,7-8,10H,2-3,6,9H2,1H3,(H,14,15,16). The van der Waals surface area contributed by atoms with Gasteiger partial charge in [0.1, 0.15) is 0 Å². The third kappa shape index (κ3) is 3.64. The van der Waals surface area contributed by atoms with Gasteiger partial charge in [-0.3, -0.25) is 0 Å². The maximum absolute atomic E-state index is 11.9. The van der Waals surface area contributed by atoms with E-state index in [0.717, 1.165) is 24.1 Å². The highest BCUT2D eigenvalue weighted by Crippen LogP contribution is 2.14. The molecular weight excluding hydrogens is 262 g/mol. The minimum absolute atomic E-state index is 0.200. The van der Waals surface area contributed by atoms with E-state index < -0.39 is 9.84 Å². The third-order valence-corrected chi connectivity index (χ3v) is 4.83. The fraction of sp³-hybridized carbons (Fsp3) is 0.385. The van der Waals surface area contributed by atoms with Crippen molar-refractivity contribution in [2.75, 3.05) is 5.75 Å². The molecule has 0 aliphatic carbocycles. The van der Waals surface area contributed by atoms with Crippen molar-refractivity contribution in [1.29, 1.82) is 0 Å². The van der Waals surface area contributed by atoms with Gasteiger partial charge in [0.05, 0.1) is 22.5 Å². The van der Waals surface area contributed by atoms with E-state index in [1.54, 1.807) is 18.3 Å². The summed E-state index contributed by atoms with van der Waals surface area (Å²) in [5, 5.41) is 10.3. The summed E-state index contributed by atoms with van der Waals surface area (Å²) in [7, 11) is -3.11. The summed E-state index contributed by atoms with van der Waals surface area (Å²) in [6.45, 7) is 1.86. The van der Waals surface area contributed by atoms with Gasteiger partial charge in [-0.1, -0.05) is 19.1 Å². The summed E-state index contributed by atoms with van der Waals surface area (Å²) in [5.74, 6) is 0.200. The quantitative estimate of drug-likeness (QED) is 0.874. The topological polar surface area (TPSA) is 75.7 Å². The first-order valence-electron chi connectivity index (χ1n) is 6.28. The van der Waals surface area contributed by atoms with Crippen LogP contribution in [0.1, 0.15) is 24.6 Å². The molecule has 102 valence electrons. The number of aromatic nitrogens is 3. The van der Waals surface area contributed by atoms with Crippen molar-refractivity contribution in [2.24, 2.45) is 0 Å². The van der Waals surface area contributed by atoms with Crippen molar-refractivity contribution in [2.45, 2.75) is 31.1 Å². The van der Waals surface area contributed by atoms with Gasteiger partial charge in [0.25, 0.3) is 0 Å². The smallest absolute Gasteiger partial charge is 0.178 e. The second-order valence-corrected chi connectivity index (χ2v) is 6.53. The number of hydrogen-bond acceptors (Lipinski definition) is 4. The fourth-order valence-corrected chi connectivity index (χ4v) is 3.19. The van der Waals surface area contributed by atoms with Crippen LogP contribution >= 0.6 is 0 Å². The van der Waals surface area contributed by atoms with Gasteiger partial charge in [-0.2, -0.15) is 15.4 Å². The molecule has 0 atom stereocenters. The molecule has 0 saturated heterocycles. The lowest BCUT2D eigenvalue weighted by atomic mass is 10.1. The molecule has 1 heterocycles. The number of nitrogens with zero attached hydrogens (tertiary/aromatic N) is 2. The second kappa shape index (κ2) is 5.97. The number of H-pyrrole nitrogens is 1. The molecule has 0 bridgehead atoms. The highest BCUT2D eigenvalue weighted by molar-refractivity contribution is 7.91. The molecule has 1 N–H and O–H groups in total. The van der Waals surface area contributed by atoms with E-state index in [1.165, 1.54) is 0 Å². The van der Waals surface area contributed by atoms with E-state index >= 15 is 0 Å². The maximum Gasteiger partial charge on any atom is 0.178 e. The van der Waals surface area contributed by atoms with Crippen molar-refractivity contribution in [3.05, 3.63) is 41.7 Å². The predicted molar refractivity (Wildman–Crippen MR) is 72.6 cm³/mol. The van der Waals surface area contributed by atoms with Gasteiger partial charge in [0, 0.05) is 0 Å². The van der Waals surface area contributed by atoms with Gasteiger partial charge >= 0.3 is 0 Å². The van der Waals surface area contributed by atoms with Crippen LogP contribution in [0.5, 0.6) is 0 Å². The maximum atomic E-state index is 11.9. The SMILES string of the molecule is CCCS(=O)(=O)c1ccc(CCc2cn[nH]n2)cc1. The van der Waals surface area contributed by atoms with Crippen LogP contribution in [0.15, 0.2) is 35.4 Å². The summed E-state index contributed by atoms with van der Waals surface area (Å²) < 4.78 is 23.7. The molecule has 19 heavy (non-hydrogen) atoms.